The molecule has 0 saturated carbocycles. The number of hydrogen-bond donors (Lipinski definition) is 6. The molecule has 8 rings (SSSR count). The average Bonchev–Trinajstić information content (AvgIpc) is 3.31. The Balaban J connectivity index is 0.839. The molecule has 27 nitrogen and oxygen atoms in total. The van der Waals surface area contributed by atoms with Crippen molar-refractivity contribution in [3.8, 4) is 0 Å². The van der Waals surface area contributed by atoms with E-state index >= 15 is 0 Å². The van der Waals surface area contributed by atoms with E-state index in [4.69, 9.17) is 9.11 Å². The summed E-state index contributed by atoms with van der Waals surface area (Å²) in [4.78, 5) is 11.2. The number of amides is 2. The summed E-state index contributed by atoms with van der Waals surface area (Å²) in [5.41, 5.74) is 6.29. The monoisotopic (exact) mass is 1210 g/mol. The number of azo groups is 6. The minimum atomic E-state index is -4.80. The van der Waals surface area contributed by atoms with Crippen LogP contribution in [0.5, 0.6) is 0 Å². The van der Waals surface area contributed by atoms with Crippen LogP contribution in [0.2, 0.25) is 0 Å². The number of hydrogen-bond acceptors (Lipinski definition) is 21. The topological polar surface area (TPSA) is 407 Å². The minimum absolute atomic E-state index is 0.0205. The molecule has 0 unspecified atom stereocenters. The smallest absolute Gasteiger partial charge is 0.308 e. The second kappa shape index (κ2) is 25.2. The van der Waals surface area contributed by atoms with Crippen LogP contribution in [0.15, 0.2) is 239 Å². The predicted octanol–water partition coefficient (Wildman–Crippen LogP) is 16.0. The summed E-state index contributed by atoms with van der Waals surface area (Å²) >= 11 is 0. The van der Waals surface area contributed by atoms with Crippen molar-refractivity contribution < 1.29 is 56.7 Å². The molecular formula is C53H44N14O13S4. The molecule has 8 aromatic rings. The lowest BCUT2D eigenvalue weighted by Gasteiger charge is -2.10. The van der Waals surface area contributed by atoms with E-state index in [1.807, 2.05) is 0 Å². The van der Waals surface area contributed by atoms with Gasteiger partial charge in [-0.15, -0.1) is 10.2 Å². The molecule has 6 N–H and O–H groups in total. The molecule has 2 amide bonds. The van der Waals surface area contributed by atoms with Gasteiger partial charge >= 0.3 is 6.03 Å². The Morgan fingerprint density at radius 3 is 0.857 bits per heavy atom. The van der Waals surface area contributed by atoms with E-state index in [2.05, 4.69) is 72.0 Å². The molecule has 0 aliphatic heterocycles. The first kappa shape index (κ1) is 60.4. The molecular weight excluding hydrogens is 1170 g/mol. The molecule has 0 atom stereocenters. The number of urea groups is 1. The highest BCUT2D eigenvalue weighted by Gasteiger charge is 2.19. The summed E-state index contributed by atoms with van der Waals surface area (Å²) in [6.07, 6.45) is 0. The Labute approximate surface area is 479 Å². The Kier molecular flexibility index (Phi) is 18.1. The van der Waals surface area contributed by atoms with Crippen LogP contribution in [0.4, 0.5) is 84.4 Å². The fraction of sp³-hybridized carbons (Fsp3) is 0.0755. The highest BCUT2D eigenvalue weighted by atomic mass is 32.2. The van der Waals surface area contributed by atoms with E-state index in [1.165, 1.54) is 48.5 Å². The molecule has 0 spiro atoms. The summed E-state index contributed by atoms with van der Waals surface area (Å²) in [6, 6.07) is 36.3. The van der Waals surface area contributed by atoms with Crippen molar-refractivity contribution in [3.63, 3.8) is 0 Å². The minimum Gasteiger partial charge on any atom is -0.308 e. The lowest BCUT2D eigenvalue weighted by molar-refractivity contribution is 0.262. The Morgan fingerprint density at radius 2 is 0.548 bits per heavy atom. The van der Waals surface area contributed by atoms with E-state index in [0.29, 0.717) is 67.8 Å². The molecule has 8 aromatic carbocycles. The fourth-order valence-corrected chi connectivity index (χ4v) is 9.61. The van der Waals surface area contributed by atoms with Crippen molar-refractivity contribution in [2.75, 3.05) is 10.6 Å². The highest BCUT2D eigenvalue weighted by molar-refractivity contribution is 7.86. The summed E-state index contributed by atoms with van der Waals surface area (Å²) in [5.74, 6) is 0. The lowest BCUT2D eigenvalue weighted by Crippen LogP contribution is -2.19. The van der Waals surface area contributed by atoms with Gasteiger partial charge in [-0.2, -0.15) is 84.8 Å². The normalized spacial score (nSPS) is 12.7. The molecule has 0 bridgehead atoms. The van der Waals surface area contributed by atoms with E-state index in [1.54, 1.807) is 100 Å². The van der Waals surface area contributed by atoms with E-state index in [-0.39, 0.29) is 43.9 Å². The molecule has 31 heteroatoms. The van der Waals surface area contributed by atoms with Gasteiger partial charge in [0.1, 0.15) is 21.2 Å². The third-order valence-corrected chi connectivity index (χ3v) is 15.1. The van der Waals surface area contributed by atoms with Crippen LogP contribution < -0.4 is 10.6 Å². The van der Waals surface area contributed by atoms with Gasteiger partial charge in [-0.1, -0.05) is 0 Å². The van der Waals surface area contributed by atoms with Gasteiger partial charge in [0.2, 0.25) is 0 Å². The molecule has 84 heavy (non-hydrogen) atoms. The molecule has 0 radical (unpaired) electrons. The number of anilines is 2. The number of rotatable bonds is 18. The molecule has 0 fully saturated rings. The van der Waals surface area contributed by atoms with Crippen LogP contribution in [0.1, 0.15) is 22.3 Å². The Bertz CT molecular complexity index is 4270. The van der Waals surface area contributed by atoms with Crippen molar-refractivity contribution in [1.82, 2.24) is 0 Å². The zero-order chi connectivity index (χ0) is 60.6. The number of carbonyl (C=O) groups is 1. The van der Waals surface area contributed by atoms with Gasteiger partial charge < -0.3 is 10.6 Å². The van der Waals surface area contributed by atoms with Gasteiger partial charge in [-0.25, -0.2) is 4.79 Å². The third kappa shape index (κ3) is 16.3. The summed E-state index contributed by atoms with van der Waals surface area (Å²) < 4.78 is 132. The van der Waals surface area contributed by atoms with Crippen LogP contribution in [0, 0.1) is 27.7 Å². The lowest BCUT2D eigenvalue weighted by atomic mass is 10.2. The summed E-state index contributed by atoms with van der Waals surface area (Å²) in [5, 5.41) is 55.1. The quantitative estimate of drug-likeness (QED) is 0.0344. The zero-order valence-corrected chi connectivity index (χ0v) is 47.2. The summed E-state index contributed by atoms with van der Waals surface area (Å²) in [6.45, 7) is 7.05. The third-order valence-electron chi connectivity index (χ3n) is 11.6. The van der Waals surface area contributed by atoms with Crippen molar-refractivity contribution in [1.29, 1.82) is 0 Å². The first-order valence-electron chi connectivity index (χ1n) is 24.0. The largest absolute Gasteiger partial charge is 0.323 e. The second-order valence-corrected chi connectivity index (χ2v) is 23.5. The summed E-state index contributed by atoms with van der Waals surface area (Å²) in [7, 11) is -18.4. The second-order valence-electron chi connectivity index (χ2n) is 17.9. The van der Waals surface area contributed by atoms with Crippen LogP contribution in [-0.2, 0) is 40.5 Å². The van der Waals surface area contributed by atoms with Gasteiger partial charge in [-0.3, -0.25) is 18.2 Å². The number of aryl methyl sites for hydroxylation is 4. The van der Waals surface area contributed by atoms with Crippen LogP contribution >= 0.6 is 0 Å². The molecule has 0 aliphatic carbocycles. The van der Waals surface area contributed by atoms with Gasteiger partial charge in [0.05, 0.1) is 66.7 Å². The Morgan fingerprint density at radius 1 is 0.298 bits per heavy atom. The van der Waals surface area contributed by atoms with Gasteiger partial charge in [-0.05, 0) is 208 Å². The van der Waals surface area contributed by atoms with E-state index < -0.39 is 56.3 Å². The predicted molar refractivity (Wildman–Crippen MR) is 307 cm³/mol. The molecule has 0 aliphatic rings. The van der Waals surface area contributed by atoms with Gasteiger partial charge in [0, 0.05) is 11.4 Å². The van der Waals surface area contributed by atoms with E-state index in [9.17, 15) is 47.6 Å². The maximum Gasteiger partial charge on any atom is 0.323 e. The van der Waals surface area contributed by atoms with Crippen molar-refractivity contribution >= 4 is 126 Å². The van der Waals surface area contributed by atoms with E-state index in [0.717, 1.165) is 36.4 Å². The van der Waals surface area contributed by atoms with Crippen molar-refractivity contribution in [2.45, 2.75) is 47.3 Å². The maximum absolute atomic E-state index is 13.1. The standard InChI is InChI=1S/C53H44N14O13S4/c1-31-25-37(9-19-45(31)62-60-39-11-21-47(33(3)27-39)64-66-49-23-13-41(29-51(49)83(75,76)77)58-56-35-5-15-43(16-6-35)81(69,70)71)54-53(68)55-38-10-20-46(32(2)26-38)63-61-40-12-22-48(34(4)28-40)65-67-50-24-14-42(30-52(50)84(78,79)80)59-57-36-7-17-44(18-8-36)82(72,73)74/h5-30H,1-4H3,(H2,54,55,68)(H,69,70,71)(H,72,73,74)(H,75,76,77)(H,78,79,80). The highest BCUT2D eigenvalue weighted by Crippen LogP contribution is 2.36. The van der Waals surface area contributed by atoms with Crippen molar-refractivity contribution in [3.05, 3.63) is 180 Å². The molecule has 428 valence electrons. The maximum atomic E-state index is 13.1. The number of carbonyl (C=O) groups excluding carboxylic acids is 1. The van der Waals surface area contributed by atoms with Gasteiger partial charge in [0.15, 0.2) is 0 Å². The first-order chi connectivity index (χ1) is 39.6. The number of nitrogens with one attached hydrogen (secondary N) is 2. The average molecular weight is 1210 g/mol. The van der Waals surface area contributed by atoms with Crippen molar-refractivity contribution in [2.24, 2.45) is 61.4 Å². The fourth-order valence-electron chi connectivity index (χ4n) is 7.36. The zero-order valence-electron chi connectivity index (χ0n) is 44.0. The molecule has 0 heterocycles. The first-order valence-corrected chi connectivity index (χ1v) is 29.8. The molecule has 0 saturated heterocycles. The van der Waals surface area contributed by atoms with Crippen LogP contribution in [-0.4, -0.2) is 57.9 Å². The number of benzene rings is 8. The van der Waals surface area contributed by atoms with Crippen LogP contribution in [0.25, 0.3) is 0 Å². The molecule has 0 aromatic heterocycles. The van der Waals surface area contributed by atoms with Crippen LogP contribution in [0.3, 0.4) is 0 Å². The van der Waals surface area contributed by atoms with Gasteiger partial charge in [0.25, 0.3) is 40.5 Å². The number of nitrogens with zero attached hydrogens (tertiary/aromatic N) is 12. The SMILES string of the molecule is Cc1cc(NC(=O)Nc2ccc(N=Nc3ccc(N=Nc4ccc(N=Nc5ccc(S(=O)(=O)O)cc5)cc4S(=O)(=O)O)c(C)c3)c(C)c2)ccc1N=Nc1ccc(N=Nc2ccc(N=Nc3ccc(S(=O)(=O)O)cc3)cc2S(=O)(=O)O)c(C)c1. The Hall–Kier alpha value is -9.73.